The summed E-state index contributed by atoms with van der Waals surface area (Å²) in [6, 6.07) is 82.4. The molecule has 9 aromatic carbocycles. The summed E-state index contributed by atoms with van der Waals surface area (Å²) in [5, 5.41) is 0. The largest absolute Gasteiger partial charge is 0.436 e. The van der Waals surface area contributed by atoms with Crippen LogP contribution in [0.2, 0.25) is 0 Å². The van der Waals surface area contributed by atoms with Gasteiger partial charge in [-0.3, -0.25) is 0 Å². The first kappa shape index (κ1) is 34.5. The van der Waals surface area contributed by atoms with Crippen LogP contribution in [0.25, 0.3) is 55.9 Å². The van der Waals surface area contributed by atoms with E-state index in [-0.39, 0.29) is 0 Å². The standard InChI is InChI=1S/C56H38N2O/c1-5-15-39(16-6-1)41-25-27-43(28-26-41)55-57-53-36-34-48(38-54(53)59-55)58(46-31-29-42(30-32-46)40-17-7-2-8-18-40)47-33-35-50-49-23-13-14-24-51(49)56(52(50)37-47,44-19-9-3-10-20-44)45-21-11-4-12-22-45/h1-38H. The van der Waals surface area contributed by atoms with Crippen LogP contribution in [-0.4, -0.2) is 4.98 Å². The Morgan fingerprint density at radius 2 is 0.814 bits per heavy atom. The third-order valence-electron chi connectivity index (χ3n) is 11.8. The lowest BCUT2D eigenvalue weighted by atomic mass is 9.67. The second-order valence-corrected chi connectivity index (χ2v) is 15.1. The molecule has 0 unspecified atom stereocenters. The average Bonchev–Trinajstić information content (AvgIpc) is 3.88. The lowest BCUT2D eigenvalue weighted by molar-refractivity contribution is 0.620. The molecule has 0 atom stereocenters. The Kier molecular flexibility index (Phi) is 8.37. The minimum atomic E-state index is -0.521. The highest BCUT2D eigenvalue weighted by atomic mass is 16.3. The smallest absolute Gasteiger partial charge is 0.227 e. The van der Waals surface area contributed by atoms with Gasteiger partial charge in [0.05, 0.1) is 5.41 Å². The molecule has 59 heavy (non-hydrogen) atoms. The summed E-state index contributed by atoms with van der Waals surface area (Å²) in [7, 11) is 0. The molecule has 3 heteroatoms. The Balaban J connectivity index is 1.07. The maximum absolute atomic E-state index is 6.57. The van der Waals surface area contributed by atoms with E-state index in [0.717, 1.165) is 39.3 Å². The molecule has 0 spiro atoms. The van der Waals surface area contributed by atoms with Crippen molar-refractivity contribution in [1.29, 1.82) is 0 Å². The van der Waals surface area contributed by atoms with Gasteiger partial charge in [0.1, 0.15) is 5.52 Å². The van der Waals surface area contributed by atoms with Gasteiger partial charge in [-0.05, 0) is 104 Å². The fourth-order valence-electron chi connectivity index (χ4n) is 9.06. The molecule has 0 radical (unpaired) electrons. The Morgan fingerprint density at radius 1 is 0.356 bits per heavy atom. The van der Waals surface area contributed by atoms with Crippen molar-refractivity contribution < 1.29 is 4.42 Å². The van der Waals surface area contributed by atoms with Crippen LogP contribution >= 0.6 is 0 Å². The summed E-state index contributed by atoms with van der Waals surface area (Å²) in [4.78, 5) is 7.29. The molecular formula is C56H38N2O. The van der Waals surface area contributed by atoms with E-state index in [0.29, 0.717) is 5.89 Å². The van der Waals surface area contributed by atoms with Gasteiger partial charge < -0.3 is 9.32 Å². The summed E-state index contributed by atoms with van der Waals surface area (Å²) in [5.74, 6) is 0.598. The zero-order chi connectivity index (χ0) is 39.2. The maximum Gasteiger partial charge on any atom is 0.227 e. The van der Waals surface area contributed by atoms with E-state index in [1.165, 1.54) is 50.1 Å². The van der Waals surface area contributed by atoms with Crippen LogP contribution in [0.3, 0.4) is 0 Å². The molecule has 0 bridgehead atoms. The Morgan fingerprint density at radius 3 is 1.44 bits per heavy atom. The first-order valence-electron chi connectivity index (χ1n) is 20.1. The van der Waals surface area contributed by atoms with Crippen molar-refractivity contribution in [2.45, 2.75) is 5.41 Å². The first-order chi connectivity index (χ1) is 29.2. The van der Waals surface area contributed by atoms with E-state index >= 15 is 0 Å². The Labute approximate surface area is 344 Å². The van der Waals surface area contributed by atoms with Gasteiger partial charge >= 0.3 is 0 Å². The molecule has 0 N–H and O–H groups in total. The summed E-state index contributed by atoms with van der Waals surface area (Å²) in [5.41, 5.74) is 17.2. The minimum absolute atomic E-state index is 0.521. The van der Waals surface area contributed by atoms with E-state index in [2.05, 4.69) is 229 Å². The van der Waals surface area contributed by atoms with Crippen molar-refractivity contribution in [3.63, 3.8) is 0 Å². The van der Waals surface area contributed by atoms with Crippen molar-refractivity contribution in [3.05, 3.63) is 253 Å². The van der Waals surface area contributed by atoms with Crippen LogP contribution in [0.1, 0.15) is 22.3 Å². The van der Waals surface area contributed by atoms with Crippen molar-refractivity contribution >= 4 is 28.2 Å². The van der Waals surface area contributed by atoms with Crippen molar-refractivity contribution in [1.82, 2.24) is 4.98 Å². The van der Waals surface area contributed by atoms with Gasteiger partial charge in [0.25, 0.3) is 0 Å². The monoisotopic (exact) mass is 754 g/mol. The molecule has 10 aromatic rings. The molecule has 0 saturated heterocycles. The van der Waals surface area contributed by atoms with Gasteiger partial charge in [-0.1, -0.05) is 176 Å². The topological polar surface area (TPSA) is 29.3 Å². The van der Waals surface area contributed by atoms with Crippen molar-refractivity contribution in [3.8, 4) is 44.8 Å². The van der Waals surface area contributed by atoms with Gasteiger partial charge in [0.15, 0.2) is 5.58 Å². The number of rotatable bonds is 8. The minimum Gasteiger partial charge on any atom is -0.436 e. The predicted molar refractivity (Wildman–Crippen MR) is 242 cm³/mol. The normalized spacial score (nSPS) is 12.5. The zero-order valence-electron chi connectivity index (χ0n) is 32.2. The average molecular weight is 755 g/mol. The van der Waals surface area contributed by atoms with E-state index in [9.17, 15) is 0 Å². The Hall–Kier alpha value is -7.75. The van der Waals surface area contributed by atoms with Gasteiger partial charge in [-0.25, -0.2) is 4.98 Å². The SMILES string of the molecule is c1ccc(-c2ccc(-c3nc4ccc(N(c5ccc(-c6ccccc6)cc5)c5ccc6c(c5)C(c5ccccc5)(c5ccccc5)c5ccccc5-6)cc4o3)cc2)cc1. The molecule has 1 heterocycles. The number of oxazole rings is 1. The van der Waals surface area contributed by atoms with E-state index in [1.54, 1.807) is 0 Å². The van der Waals surface area contributed by atoms with Crippen molar-refractivity contribution in [2.24, 2.45) is 0 Å². The van der Waals surface area contributed by atoms with Gasteiger partial charge in [-0.15, -0.1) is 0 Å². The maximum atomic E-state index is 6.57. The fraction of sp³-hybridized carbons (Fsp3) is 0.0179. The van der Waals surface area contributed by atoms with E-state index in [1.807, 2.05) is 6.07 Å². The van der Waals surface area contributed by atoms with E-state index in [4.69, 9.17) is 9.40 Å². The number of nitrogens with zero attached hydrogens (tertiary/aromatic N) is 2. The fourth-order valence-corrected chi connectivity index (χ4v) is 9.06. The second-order valence-electron chi connectivity index (χ2n) is 15.1. The number of benzene rings is 9. The summed E-state index contributed by atoms with van der Waals surface area (Å²) in [6.45, 7) is 0. The molecule has 1 aliphatic carbocycles. The molecule has 278 valence electrons. The quantitative estimate of drug-likeness (QED) is 0.155. The number of aromatic nitrogens is 1. The van der Waals surface area contributed by atoms with Crippen molar-refractivity contribution in [2.75, 3.05) is 4.90 Å². The van der Waals surface area contributed by atoms with Gasteiger partial charge in [-0.2, -0.15) is 0 Å². The second kappa shape index (κ2) is 14.3. The first-order valence-corrected chi connectivity index (χ1v) is 20.1. The molecule has 1 aromatic heterocycles. The highest BCUT2D eigenvalue weighted by molar-refractivity contribution is 5.91. The van der Waals surface area contributed by atoms with Crippen LogP contribution in [-0.2, 0) is 5.41 Å². The molecule has 3 nitrogen and oxygen atoms in total. The summed E-state index contributed by atoms with van der Waals surface area (Å²) >= 11 is 0. The molecule has 11 rings (SSSR count). The summed E-state index contributed by atoms with van der Waals surface area (Å²) in [6.07, 6.45) is 0. The highest BCUT2D eigenvalue weighted by Gasteiger charge is 2.46. The third-order valence-corrected chi connectivity index (χ3v) is 11.8. The van der Waals surface area contributed by atoms with Crippen LogP contribution < -0.4 is 4.90 Å². The number of hydrogen-bond acceptors (Lipinski definition) is 3. The predicted octanol–water partition coefficient (Wildman–Crippen LogP) is 14.7. The van der Waals surface area contributed by atoms with Crippen LogP contribution in [0.5, 0.6) is 0 Å². The van der Waals surface area contributed by atoms with Gasteiger partial charge in [0.2, 0.25) is 5.89 Å². The molecular weight excluding hydrogens is 717 g/mol. The molecule has 0 aliphatic heterocycles. The Bertz CT molecular complexity index is 3030. The number of fused-ring (bicyclic) bond motifs is 4. The lowest BCUT2D eigenvalue weighted by Gasteiger charge is -2.35. The highest BCUT2D eigenvalue weighted by Crippen LogP contribution is 2.57. The molecule has 0 amide bonds. The van der Waals surface area contributed by atoms with Crippen LogP contribution in [0, 0.1) is 0 Å². The molecule has 1 aliphatic rings. The molecule has 0 fully saturated rings. The number of anilines is 3. The lowest BCUT2D eigenvalue weighted by Crippen LogP contribution is -2.28. The van der Waals surface area contributed by atoms with Crippen LogP contribution in [0.15, 0.2) is 235 Å². The zero-order valence-corrected chi connectivity index (χ0v) is 32.2. The van der Waals surface area contributed by atoms with Gasteiger partial charge in [0, 0.05) is 28.7 Å². The van der Waals surface area contributed by atoms with E-state index < -0.39 is 5.41 Å². The number of hydrogen-bond donors (Lipinski definition) is 0. The molecule has 0 saturated carbocycles. The van der Waals surface area contributed by atoms with Crippen LogP contribution in [0.4, 0.5) is 17.1 Å². The summed E-state index contributed by atoms with van der Waals surface area (Å²) < 4.78 is 6.57. The third kappa shape index (κ3) is 5.86.